The second kappa shape index (κ2) is 5.71. The Bertz CT molecular complexity index is 391. The lowest BCUT2D eigenvalue weighted by Crippen LogP contribution is -1.95. The Hall–Kier alpha value is -1.95. The van der Waals surface area contributed by atoms with Gasteiger partial charge in [0, 0.05) is 6.08 Å². The summed E-state index contributed by atoms with van der Waals surface area (Å²) in [7, 11) is 1.60. The number of nitrogens with zero attached hydrogens (tertiary/aromatic N) is 1. The van der Waals surface area contributed by atoms with E-state index >= 15 is 0 Å². The van der Waals surface area contributed by atoms with Crippen molar-refractivity contribution in [3.05, 3.63) is 29.8 Å². The molecule has 15 heavy (non-hydrogen) atoms. The molecule has 0 aliphatic heterocycles. The lowest BCUT2D eigenvalue weighted by molar-refractivity contribution is 0.311. The molecule has 78 valence electrons. The summed E-state index contributed by atoms with van der Waals surface area (Å²) in [6, 6.07) is 7.48. The number of nitriles is 1. The van der Waals surface area contributed by atoms with Crippen LogP contribution >= 0.6 is 0 Å². The summed E-state index contributed by atoms with van der Waals surface area (Å²) < 4.78 is 10.5. The average molecular weight is 203 g/mol. The first-order chi connectivity index (χ1) is 7.31. The van der Waals surface area contributed by atoms with Crippen LogP contribution in [-0.2, 0) is 0 Å². The van der Waals surface area contributed by atoms with Gasteiger partial charge in [-0.15, -0.1) is 0 Å². The molecule has 0 heterocycles. The number of hydrogen-bond acceptors (Lipinski definition) is 3. The van der Waals surface area contributed by atoms with E-state index in [4.69, 9.17) is 14.7 Å². The summed E-state index contributed by atoms with van der Waals surface area (Å²) in [5, 5.41) is 8.41. The van der Waals surface area contributed by atoms with Crippen molar-refractivity contribution in [1.29, 1.82) is 5.26 Å². The van der Waals surface area contributed by atoms with E-state index in [0.29, 0.717) is 18.1 Å². The molecule has 0 bridgehead atoms. The lowest BCUT2D eigenvalue weighted by Gasteiger charge is -2.09. The van der Waals surface area contributed by atoms with Gasteiger partial charge in [0.15, 0.2) is 11.5 Å². The molecule has 0 unspecified atom stereocenters. The van der Waals surface area contributed by atoms with Crippen LogP contribution in [0.4, 0.5) is 0 Å². The highest BCUT2D eigenvalue weighted by Gasteiger charge is 2.03. The number of benzene rings is 1. The Labute approximate surface area is 89.6 Å². The molecule has 0 N–H and O–H groups in total. The van der Waals surface area contributed by atoms with Gasteiger partial charge in [-0.2, -0.15) is 5.26 Å². The van der Waals surface area contributed by atoms with Gasteiger partial charge in [0.05, 0.1) is 19.8 Å². The second-order valence-electron chi connectivity index (χ2n) is 2.81. The van der Waals surface area contributed by atoms with E-state index in [-0.39, 0.29) is 0 Å². The molecule has 0 radical (unpaired) electrons. The van der Waals surface area contributed by atoms with Crippen LogP contribution in [0, 0.1) is 11.3 Å². The summed E-state index contributed by atoms with van der Waals surface area (Å²) >= 11 is 0. The van der Waals surface area contributed by atoms with Crippen molar-refractivity contribution in [2.75, 3.05) is 13.7 Å². The van der Waals surface area contributed by atoms with Crippen molar-refractivity contribution >= 4 is 6.08 Å². The molecular weight excluding hydrogens is 190 g/mol. The Balaban J connectivity index is 2.99. The summed E-state index contributed by atoms with van der Waals surface area (Å²) in [5.74, 6) is 1.39. The fraction of sp³-hybridized carbons (Fsp3) is 0.250. The molecule has 1 aromatic carbocycles. The van der Waals surface area contributed by atoms with Crippen molar-refractivity contribution in [3.8, 4) is 17.6 Å². The summed E-state index contributed by atoms with van der Waals surface area (Å²) in [6.45, 7) is 2.50. The molecule has 0 fully saturated rings. The molecule has 0 aliphatic rings. The molecular formula is C12H13NO2. The zero-order chi connectivity index (χ0) is 11.1. The second-order valence-corrected chi connectivity index (χ2v) is 2.81. The minimum absolute atomic E-state index is 0.585. The van der Waals surface area contributed by atoms with E-state index in [0.717, 1.165) is 5.56 Å². The van der Waals surface area contributed by atoms with Gasteiger partial charge in [-0.25, -0.2) is 0 Å². The van der Waals surface area contributed by atoms with Crippen molar-refractivity contribution in [1.82, 2.24) is 0 Å². The summed E-state index contributed by atoms with van der Waals surface area (Å²) in [5.41, 5.74) is 0.917. The Kier molecular flexibility index (Phi) is 4.24. The predicted molar refractivity (Wildman–Crippen MR) is 58.8 cm³/mol. The summed E-state index contributed by atoms with van der Waals surface area (Å²) in [6.07, 6.45) is 3.15. The van der Waals surface area contributed by atoms with E-state index in [2.05, 4.69) is 0 Å². The maximum Gasteiger partial charge on any atom is 0.161 e. The predicted octanol–water partition coefficient (Wildman–Crippen LogP) is 2.63. The third-order valence-electron chi connectivity index (χ3n) is 1.84. The van der Waals surface area contributed by atoms with Gasteiger partial charge < -0.3 is 9.47 Å². The fourth-order valence-corrected chi connectivity index (χ4v) is 1.20. The van der Waals surface area contributed by atoms with Crippen LogP contribution in [0.25, 0.3) is 6.08 Å². The molecule has 3 nitrogen and oxygen atoms in total. The molecule has 1 rings (SSSR count). The molecule has 3 heteroatoms. The molecule has 0 aromatic heterocycles. The van der Waals surface area contributed by atoms with E-state index in [1.54, 1.807) is 13.2 Å². The van der Waals surface area contributed by atoms with Crippen LogP contribution in [0.3, 0.4) is 0 Å². The number of hydrogen-bond donors (Lipinski definition) is 0. The van der Waals surface area contributed by atoms with E-state index in [9.17, 15) is 0 Å². The molecule has 0 saturated carbocycles. The minimum atomic E-state index is 0.585. The smallest absolute Gasteiger partial charge is 0.161 e. The largest absolute Gasteiger partial charge is 0.493 e. The number of rotatable bonds is 4. The molecule has 0 atom stereocenters. The van der Waals surface area contributed by atoms with Crippen LogP contribution in [0.2, 0.25) is 0 Å². The number of allylic oxidation sites excluding steroid dienone is 1. The lowest BCUT2D eigenvalue weighted by atomic mass is 10.2. The zero-order valence-corrected chi connectivity index (χ0v) is 8.86. The summed E-state index contributed by atoms with van der Waals surface area (Å²) in [4.78, 5) is 0. The van der Waals surface area contributed by atoms with Crippen molar-refractivity contribution < 1.29 is 9.47 Å². The van der Waals surface area contributed by atoms with Crippen molar-refractivity contribution in [2.45, 2.75) is 6.92 Å². The highest BCUT2D eigenvalue weighted by molar-refractivity contribution is 5.57. The molecule has 0 aliphatic carbocycles. The van der Waals surface area contributed by atoms with Crippen molar-refractivity contribution in [2.24, 2.45) is 0 Å². The van der Waals surface area contributed by atoms with Gasteiger partial charge in [-0.3, -0.25) is 0 Å². The molecule has 0 saturated heterocycles. The quantitative estimate of drug-likeness (QED) is 0.706. The third kappa shape index (κ3) is 3.03. The fourth-order valence-electron chi connectivity index (χ4n) is 1.20. The highest BCUT2D eigenvalue weighted by Crippen LogP contribution is 2.28. The Morgan fingerprint density at radius 2 is 2.20 bits per heavy atom. The monoisotopic (exact) mass is 203 g/mol. The first-order valence-corrected chi connectivity index (χ1v) is 4.68. The van der Waals surface area contributed by atoms with Gasteiger partial charge in [-0.1, -0.05) is 6.07 Å². The first kappa shape index (κ1) is 11.1. The van der Waals surface area contributed by atoms with Gasteiger partial charge in [0.2, 0.25) is 0 Å². The topological polar surface area (TPSA) is 42.2 Å². The van der Waals surface area contributed by atoms with E-state index < -0.39 is 0 Å². The zero-order valence-electron chi connectivity index (χ0n) is 8.86. The minimum Gasteiger partial charge on any atom is -0.493 e. The number of methoxy groups -OCH3 is 1. The average Bonchev–Trinajstić information content (AvgIpc) is 2.27. The maximum atomic E-state index is 8.41. The highest BCUT2D eigenvalue weighted by atomic mass is 16.5. The SMILES string of the molecule is CCOc1cc(/C=C/C#N)ccc1OC. The van der Waals surface area contributed by atoms with E-state index in [1.165, 1.54) is 6.08 Å². The normalized spacial score (nSPS) is 9.93. The molecule has 0 spiro atoms. The van der Waals surface area contributed by atoms with Crippen LogP contribution in [-0.4, -0.2) is 13.7 Å². The van der Waals surface area contributed by atoms with Gasteiger partial charge in [0.25, 0.3) is 0 Å². The van der Waals surface area contributed by atoms with Crippen LogP contribution in [0.5, 0.6) is 11.5 Å². The maximum absolute atomic E-state index is 8.41. The Morgan fingerprint density at radius 1 is 1.40 bits per heavy atom. The standard InChI is InChI=1S/C12H13NO2/c1-3-15-12-9-10(5-4-8-13)6-7-11(12)14-2/h4-7,9H,3H2,1-2H3/b5-4+. The van der Waals surface area contributed by atoms with Gasteiger partial charge >= 0.3 is 0 Å². The van der Waals surface area contributed by atoms with Gasteiger partial charge in [-0.05, 0) is 30.7 Å². The number of ether oxygens (including phenoxy) is 2. The van der Waals surface area contributed by atoms with Crippen molar-refractivity contribution in [3.63, 3.8) is 0 Å². The molecule has 0 amide bonds. The molecule has 1 aromatic rings. The third-order valence-corrected chi connectivity index (χ3v) is 1.84. The van der Waals surface area contributed by atoms with Crippen LogP contribution < -0.4 is 9.47 Å². The van der Waals surface area contributed by atoms with Crippen LogP contribution in [0.15, 0.2) is 24.3 Å². The first-order valence-electron chi connectivity index (χ1n) is 4.68. The van der Waals surface area contributed by atoms with E-state index in [1.807, 2.05) is 31.2 Å². The Morgan fingerprint density at radius 3 is 2.80 bits per heavy atom. The van der Waals surface area contributed by atoms with Gasteiger partial charge in [0.1, 0.15) is 0 Å². The van der Waals surface area contributed by atoms with Crippen LogP contribution in [0.1, 0.15) is 12.5 Å².